The van der Waals surface area contributed by atoms with E-state index in [2.05, 4.69) is 52.8 Å². The highest BCUT2D eigenvalue weighted by Crippen LogP contribution is 2.13. The van der Waals surface area contributed by atoms with Crippen molar-refractivity contribution in [3.8, 4) is 0 Å². The third-order valence-corrected chi connectivity index (χ3v) is 3.98. The van der Waals surface area contributed by atoms with Crippen molar-refractivity contribution < 1.29 is 4.79 Å². The van der Waals surface area contributed by atoms with Gasteiger partial charge < -0.3 is 10.6 Å². The lowest BCUT2D eigenvalue weighted by Gasteiger charge is -2.32. The zero-order valence-corrected chi connectivity index (χ0v) is 13.0. The highest BCUT2D eigenvalue weighted by atomic mass is 16.1. The molecule has 116 valence electrons. The third-order valence-electron chi connectivity index (χ3n) is 3.98. The second kappa shape index (κ2) is 8.80. The molecular weight excluding hydrogens is 262 g/mol. The molecule has 4 nitrogen and oxygen atoms in total. The Morgan fingerprint density at radius 1 is 1.24 bits per heavy atom. The number of nitrogens with one attached hydrogen (secondary N) is 2. The summed E-state index contributed by atoms with van der Waals surface area (Å²) >= 11 is 0. The molecule has 0 unspecified atom stereocenters. The fourth-order valence-electron chi connectivity index (χ4n) is 2.76. The number of benzene rings is 1. The van der Waals surface area contributed by atoms with E-state index in [4.69, 9.17) is 0 Å². The first kappa shape index (κ1) is 16.0. The first-order chi connectivity index (χ1) is 10.3. The molecule has 1 saturated heterocycles. The van der Waals surface area contributed by atoms with Gasteiger partial charge in [0.2, 0.25) is 5.91 Å². The van der Waals surface area contributed by atoms with Crippen LogP contribution in [0.5, 0.6) is 0 Å². The summed E-state index contributed by atoms with van der Waals surface area (Å²) in [4.78, 5) is 14.3. The van der Waals surface area contributed by atoms with E-state index in [0.717, 1.165) is 45.6 Å². The molecule has 0 aromatic heterocycles. The van der Waals surface area contributed by atoms with Crippen LogP contribution in [-0.4, -0.2) is 43.0 Å². The van der Waals surface area contributed by atoms with E-state index in [9.17, 15) is 4.79 Å². The van der Waals surface area contributed by atoms with E-state index in [-0.39, 0.29) is 5.91 Å². The van der Waals surface area contributed by atoms with Crippen LogP contribution in [0.2, 0.25) is 0 Å². The molecule has 4 heteroatoms. The van der Waals surface area contributed by atoms with Crippen LogP contribution in [0.3, 0.4) is 0 Å². The number of amides is 1. The van der Waals surface area contributed by atoms with Crippen LogP contribution >= 0.6 is 0 Å². The van der Waals surface area contributed by atoms with E-state index in [1.807, 2.05) is 0 Å². The first-order valence-electron chi connectivity index (χ1n) is 8.04. The van der Waals surface area contributed by atoms with Gasteiger partial charge in [-0.1, -0.05) is 37.3 Å². The Balaban J connectivity index is 1.65. The Morgan fingerprint density at radius 2 is 1.95 bits per heavy atom. The van der Waals surface area contributed by atoms with Crippen LogP contribution in [0.1, 0.15) is 31.7 Å². The van der Waals surface area contributed by atoms with E-state index < -0.39 is 0 Å². The minimum atomic E-state index is 0.178. The minimum absolute atomic E-state index is 0.178. The van der Waals surface area contributed by atoms with Gasteiger partial charge >= 0.3 is 0 Å². The number of carbonyl (C=O) groups excluding carboxylic acids is 1. The van der Waals surface area contributed by atoms with Crippen molar-refractivity contribution in [1.29, 1.82) is 0 Å². The predicted molar refractivity (Wildman–Crippen MR) is 86.0 cm³/mol. The first-order valence-corrected chi connectivity index (χ1v) is 8.04. The Bertz CT molecular complexity index is 413. The smallest absolute Gasteiger partial charge is 0.221 e. The number of rotatable bonds is 7. The second-order valence-corrected chi connectivity index (χ2v) is 5.71. The third kappa shape index (κ3) is 5.86. The van der Waals surface area contributed by atoms with Crippen molar-refractivity contribution in [2.24, 2.45) is 0 Å². The topological polar surface area (TPSA) is 44.4 Å². The number of nitrogens with zero attached hydrogens (tertiary/aromatic N) is 1. The average molecular weight is 289 g/mol. The molecule has 1 aliphatic rings. The van der Waals surface area contributed by atoms with Gasteiger partial charge in [-0.2, -0.15) is 0 Å². The van der Waals surface area contributed by atoms with E-state index in [0.29, 0.717) is 12.5 Å². The van der Waals surface area contributed by atoms with Crippen molar-refractivity contribution in [2.45, 2.75) is 38.8 Å². The van der Waals surface area contributed by atoms with Gasteiger partial charge in [-0.15, -0.1) is 0 Å². The molecular formula is C17H27N3O. The van der Waals surface area contributed by atoms with Gasteiger partial charge in [0.1, 0.15) is 0 Å². The molecule has 1 aromatic carbocycles. The Kier molecular flexibility index (Phi) is 6.70. The largest absolute Gasteiger partial charge is 0.353 e. The van der Waals surface area contributed by atoms with Crippen molar-refractivity contribution in [2.75, 3.05) is 26.2 Å². The standard InChI is InChI=1S/C17H27N3O/c1-2-18-11-8-17(21)19-16-9-12-20(13-10-16)14-15-6-4-3-5-7-15/h3-7,16,18H,2,8-14H2,1H3,(H,19,21). The lowest BCUT2D eigenvalue weighted by atomic mass is 10.0. The van der Waals surface area contributed by atoms with E-state index in [1.54, 1.807) is 0 Å². The molecule has 21 heavy (non-hydrogen) atoms. The van der Waals surface area contributed by atoms with Gasteiger partial charge in [0.05, 0.1) is 0 Å². The molecule has 0 aliphatic carbocycles. The highest BCUT2D eigenvalue weighted by Gasteiger charge is 2.20. The lowest BCUT2D eigenvalue weighted by Crippen LogP contribution is -2.44. The monoisotopic (exact) mass is 289 g/mol. The molecule has 1 heterocycles. The number of carbonyl (C=O) groups is 1. The van der Waals surface area contributed by atoms with Crippen LogP contribution in [-0.2, 0) is 11.3 Å². The summed E-state index contributed by atoms with van der Waals surface area (Å²) in [5.74, 6) is 0.178. The Labute approximate surface area is 127 Å². The zero-order valence-electron chi connectivity index (χ0n) is 13.0. The van der Waals surface area contributed by atoms with Crippen molar-refractivity contribution in [1.82, 2.24) is 15.5 Å². The van der Waals surface area contributed by atoms with Crippen LogP contribution in [0.15, 0.2) is 30.3 Å². The zero-order chi connectivity index (χ0) is 14.9. The molecule has 2 rings (SSSR count). The quantitative estimate of drug-likeness (QED) is 0.752. The summed E-state index contributed by atoms with van der Waals surface area (Å²) in [6.45, 7) is 6.89. The number of likely N-dealkylation sites (tertiary alicyclic amines) is 1. The van der Waals surface area contributed by atoms with E-state index >= 15 is 0 Å². The summed E-state index contributed by atoms with van der Waals surface area (Å²) in [5.41, 5.74) is 1.37. The van der Waals surface area contributed by atoms with Crippen molar-refractivity contribution in [3.63, 3.8) is 0 Å². The van der Waals surface area contributed by atoms with Gasteiger partial charge in [0, 0.05) is 38.6 Å². The fraction of sp³-hybridized carbons (Fsp3) is 0.588. The molecule has 1 aliphatic heterocycles. The summed E-state index contributed by atoms with van der Waals surface area (Å²) in [6, 6.07) is 10.9. The van der Waals surface area contributed by atoms with Gasteiger partial charge in [0.25, 0.3) is 0 Å². The Morgan fingerprint density at radius 3 is 2.62 bits per heavy atom. The molecule has 1 fully saturated rings. The molecule has 1 aromatic rings. The van der Waals surface area contributed by atoms with E-state index in [1.165, 1.54) is 5.56 Å². The van der Waals surface area contributed by atoms with Gasteiger partial charge in [-0.25, -0.2) is 0 Å². The highest BCUT2D eigenvalue weighted by molar-refractivity contribution is 5.76. The maximum absolute atomic E-state index is 11.8. The lowest BCUT2D eigenvalue weighted by molar-refractivity contribution is -0.122. The molecule has 0 bridgehead atoms. The molecule has 1 amide bonds. The van der Waals surface area contributed by atoms with Gasteiger partial charge in [-0.3, -0.25) is 9.69 Å². The van der Waals surface area contributed by atoms with Gasteiger partial charge in [0.15, 0.2) is 0 Å². The van der Waals surface area contributed by atoms with Crippen LogP contribution in [0.25, 0.3) is 0 Å². The predicted octanol–water partition coefficient (Wildman–Crippen LogP) is 1.77. The van der Waals surface area contributed by atoms with Crippen LogP contribution in [0.4, 0.5) is 0 Å². The molecule has 0 saturated carbocycles. The van der Waals surface area contributed by atoms with Gasteiger partial charge in [-0.05, 0) is 24.9 Å². The number of piperidine rings is 1. The molecule has 2 N–H and O–H groups in total. The maximum Gasteiger partial charge on any atom is 0.221 e. The van der Waals surface area contributed by atoms with Crippen molar-refractivity contribution >= 4 is 5.91 Å². The van der Waals surface area contributed by atoms with Crippen LogP contribution in [0, 0.1) is 0 Å². The fourth-order valence-corrected chi connectivity index (χ4v) is 2.76. The molecule has 0 radical (unpaired) electrons. The maximum atomic E-state index is 11.8. The Hall–Kier alpha value is -1.39. The SMILES string of the molecule is CCNCCC(=O)NC1CCN(Cc2ccccc2)CC1. The number of hydrogen-bond acceptors (Lipinski definition) is 3. The summed E-state index contributed by atoms with van der Waals surface area (Å²) in [7, 11) is 0. The molecule has 0 spiro atoms. The second-order valence-electron chi connectivity index (χ2n) is 5.71. The normalized spacial score (nSPS) is 16.8. The minimum Gasteiger partial charge on any atom is -0.353 e. The number of hydrogen-bond donors (Lipinski definition) is 2. The summed E-state index contributed by atoms with van der Waals surface area (Å²) in [6.07, 6.45) is 2.69. The summed E-state index contributed by atoms with van der Waals surface area (Å²) < 4.78 is 0. The average Bonchev–Trinajstić information content (AvgIpc) is 2.51. The van der Waals surface area contributed by atoms with Crippen LogP contribution < -0.4 is 10.6 Å². The van der Waals surface area contributed by atoms with Crippen molar-refractivity contribution in [3.05, 3.63) is 35.9 Å². The summed E-state index contributed by atoms with van der Waals surface area (Å²) in [5, 5.41) is 6.34. The molecule has 0 atom stereocenters.